The van der Waals surface area contributed by atoms with E-state index in [-0.39, 0.29) is 11.2 Å². The van der Waals surface area contributed by atoms with E-state index >= 15 is 0 Å². The zero-order valence-electron chi connectivity index (χ0n) is 14.1. The summed E-state index contributed by atoms with van der Waals surface area (Å²) in [6.07, 6.45) is 0. The monoisotopic (exact) mass is 421 g/mol. The normalized spacial score (nSPS) is 12.0. The second-order valence-electron chi connectivity index (χ2n) is 5.54. The Bertz CT molecular complexity index is 985. The molecule has 0 radical (unpaired) electrons. The van der Waals surface area contributed by atoms with E-state index in [1.807, 2.05) is 56.3 Å². The van der Waals surface area contributed by atoms with Crippen molar-refractivity contribution in [1.29, 1.82) is 0 Å². The molecule has 1 atom stereocenters. The molecule has 1 N–H and O–H groups in total. The Morgan fingerprint density at radius 2 is 2.00 bits per heavy atom. The number of nitrogens with zero attached hydrogens (tertiary/aromatic N) is 2. The van der Waals surface area contributed by atoms with Gasteiger partial charge in [0.25, 0.3) is 0 Å². The van der Waals surface area contributed by atoms with Crippen molar-refractivity contribution in [2.75, 3.05) is 5.32 Å². The summed E-state index contributed by atoms with van der Waals surface area (Å²) in [6, 6.07) is 15.2. The molecule has 134 valence electrons. The lowest BCUT2D eigenvalue weighted by atomic mass is 10.2. The van der Waals surface area contributed by atoms with Gasteiger partial charge in [-0.05, 0) is 55.9 Å². The van der Waals surface area contributed by atoms with Crippen LogP contribution >= 0.6 is 46.9 Å². The first-order valence-corrected chi connectivity index (χ1v) is 10.3. The highest BCUT2D eigenvalue weighted by atomic mass is 35.5. The number of amides is 1. The highest BCUT2D eigenvalue weighted by Crippen LogP contribution is 2.29. The molecule has 0 bridgehead atoms. The molecule has 1 aromatic heterocycles. The molecule has 0 aliphatic heterocycles. The third-order valence-electron chi connectivity index (χ3n) is 3.70. The number of carbonyl (C=O) groups is 1. The number of thioether (sulfide) groups is 1. The van der Waals surface area contributed by atoms with Gasteiger partial charge in [0.15, 0.2) is 8.29 Å². The number of nitrogens with one attached hydrogen (secondary N) is 1. The van der Waals surface area contributed by atoms with Crippen LogP contribution in [0.2, 0.25) is 5.02 Å². The molecule has 4 nitrogen and oxygen atoms in total. The van der Waals surface area contributed by atoms with Gasteiger partial charge in [-0.3, -0.25) is 4.79 Å². The number of para-hydroxylation sites is 1. The van der Waals surface area contributed by atoms with Crippen LogP contribution in [0, 0.1) is 10.9 Å². The number of benzene rings is 2. The van der Waals surface area contributed by atoms with Crippen LogP contribution in [0.15, 0.2) is 52.9 Å². The third kappa shape index (κ3) is 4.35. The predicted octanol–water partition coefficient (Wildman–Crippen LogP) is 5.74. The van der Waals surface area contributed by atoms with Crippen LogP contribution < -0.4 is 5.32 Å². The lowest BCUT2D eigenvalue weighted by Gasteiger charge is -2.13. The van der Waals surface area contributed by atoms with Gasteiger partial charge in [-0.15, -0.1) is 5.10 Å². The Morgan fingerprint density at radius 1 is 1.27 bits per heavy atom. The van der Waals surface area contributed by atoms with E-state index < -0.39 is 0 Å². The van der Waals surface area contributed by atoms with Gasteiger partial charge < -0.3 is 5.32 Å². The van der Waals surface area contributed by atoms with Crippen molar-refractivity contribution in [1.82, 2.24) is 9.78 Å². The average Bonchev–Trinajstić information content (AvgIpc) is 2.99. The van der Waals surface area contributed by atoms with Crippen molar-refractivity contribution in [2.24, 2.45) is 0 Å². The van der Waals surface area contributed by atoms with Crippen LogP contribution in [0.5, 0.6) is 0 Å². The Hall–Kier alpha value is -1.67. The van der Waals surface area contributed by atoms with E-state index in [9.17, 15) is 4.79 Å². The van der Waals surface area contributed by atoms with Crippen molar-refractivity contribution in [2.45, 2.75) is 23.4 Å². The maximum absolute atomic E-state index is 12.5. The number of carbonyl (C=O) groups excluding carboxylic acids is 1. The SMILES string of the molecule is Cc1c(Cl)cccc1NC(=O)C(C)Sc1nn(-c2ccccc2)c(=S)s1. The molecule has 0 aliphatic carbocycles. The number of anilines is 1. The molecular formula is C18H16ClN3OS3. The quantitative estimate of drug-likeness (QED) is 0.421. The van der Waals surface area contributed by atoms with E-state index in [4.69, 9.17) is 23.8 Å². The van der Waals surface area contributed by atoms with Crippen molar-refractivity contribution in [3.05, 3.63) is 63.1 Å². The van der Waals surface area contributed by atoms with Crippen molar-refractivity contribution >= 4 is 58.5 Å². The van der Waals surface area contributed by atoms with E-state index in [0.29, 0.717) is 8.98 Å². The van der Waals surface area contributed by atoms with Crippen molar-refractivity contribution < 1.29 is 4.79 Å². The Morgan fingerprint density at radius 3 is 2.73 bits per heavy atom. The summed E-state index contributed by atoms with van der Waals surface area (Å²) in [6.45, 7) is 3.72. The van der Waals surface area contributed by atoms with Gasteiger partial charge in [-0.1, -0.05) is 59.0 Å². The number of hydrogen-bond acceptors (Lipinski definition) is 5. The molecule has 3 aromatic rings. The fourth-order valence-electron chi connectivity index (χ4n) is 2.22. The zero-order chi connectivity index (χ0) is 18.7. The molecule has 26 heavy (non-hydrogen) atoms. The first-order valence-electron chi connectivity index (χ1n) is 7.84. The van der Waals surface area contributed by atoms with E-state index in [1.165, 1.54) is 23.1 Å². The number of hydrogen-bond donors (Lipinski definition) is 1. The van der Waals surface area contributed by atoms with Crippen molar-refractivity contribution in [3.63, 3.8) is 0 Å². The summed E-state index contributed by atoms with van der Waals surface area (Å²) in [4.78, 5) is 12.5. The van der Waals surface area contributed by atoms with Gasteiger partial charge in [0.05, 0.1) is 10.9 Å². The lowest BCUT2D eigenvalue weighted by molar-refractivity contribution is -0.115. The maximum Gasteiger partial charge on any atom is 0.237 e. The Kier molecular flexibility index (Phi) is 6.13. The fourth-order valence-corrected chi connectivity index (χ4v) is 4.90. The zero-order valence-corrected chi connectivity index (χ0v) is 17.3. The topological polar surface area (TPSA) is 46.9 Å². The highest BCUT2D eigenvalue weighted by Gasteiger charge is 2.18. The van der Waals surface area contributed by atoms with Crippen LogP contribution in [-0.4, -0.2) is 20.9 Å². The molecule has 8 heteroatoms. The van der Waals surface area contributed by atoms with E-state index in [2.05, 4.69) is 10.4 Å². The first kappa shape index (κ1) is 19.1. The lowest BCUT2D eigenvalue weighted by Crippen LogP contribution is -2.22. The van der Waals surface area contributed by atoms with E-state index in [1.54, 1.807) is 10.7 Å². The molecule has 0 aliphatic rings. The van der Waals surface area contributed by atoms with Crippen LogP contribution in [-0.2, 0) is 4.79 Å². The molecule has 0 spiro atoms. The molecule has 1 amide bonds. The minimum atomic E-state index is -0.321. The van der Waals surface area contributed by atoms with Crippen LogP contribution in [0.4, 0.5) is 5.69 Å². The molecule has 1 unspecified atom stereocenters. The number of rotatable bonds is 5. The van der Waals surface area contributed by atoms with Crippen LogP contribution in [0.3, 0.4) is 0 Å². The fraction of sp³-hybridized carbons (Fsp3) is 0.167. The minimum absolute atomic E-state index is 0.104. The smallest absolute Gasteiger partial charge is 0.237 e. The van der Waals surface area contributed by atoms with Gasteiger partial charge in [-0.2, -0.15) is 0 Å². The van der Waals surface area contributed by atoms with Gasteiger partial charge in [0.1, 0.15) is 0 Å². The summed E-state index contributed by atoms with van der Waals surface area (Å²) < 4.78 is 3.12. The number of halogens is 1. The standard InChI is InChI=1S/C18H16ClN3OS3/c1-11-14(19)9-6-10-15(11)20-16(23)12(2)25-17-21-22(18(24)26-17)13-7-4-3-5-8-13/h3-10,12H,1-2H3,(H,20,23). The average molecular weight is 422 g/mol. The maximum atomic E-state index is 12.5. The molecule has 0 fully saturated rings. The molecule has 0 saturated heterocycles. The van der Waals surface area contributed by atoms with Gasteiger partial charge in [0, 0.05) is 10.7 Å². The summed E-state index contributed by atoms with van der Waals surface area (Å²) >= 11 is 14.3. The van der Waals surface area contributed by atoms with Crippen molar-refractivity contribution in [3.8, 4) is 5.69 Å². The van der Waals surface area contributed by atoms with Gasteiger partial charge in [0.2, 0.25) is 5.91 Å². The minimum Gasteiger partial charge on any atom is -0.325 e. The summed E-state index contributed by atoms with van der Waals surface area (Å²) in [5.41, 5.74) is 2.48. The highest BCUT2D eigenvalue weighted by molar-refractivity contribution is 8.02. The predicted molar refractivity (Wildman–Crippen MR) is 112 cm³/mol. The van der Waals surface area contributed by atoms with E-state index in [0.717, 1.165) is 21.3 Å². The molecule has 2 aromatic carbocycles. The first-order chi connectivity index (χ1) is 12.5. The Balaban J connectivity index is 1.72. The third-order valence-corrected chi connectivity index (χ3v) is 6.53. The molecule has 0 saturated carbocycles. The van der Waals surface area contributed by atoms with Crippen LogP contribution in [0.25, 0.3) is 5.69 Å². The second kappa shape index (κ2) is 8.35. The largest absolute Gasteiger partial charge is 0.325 e. The molecule has 1 heterocycles. The van der Waals surface area contributed by atoms with Gasteiger partial charge >= 0.3 is 0 Å². The van der Waals surface area contributed by atoms with Crippen LogP contribution in [0.1, 0.15) is 12.5 Å². The molecular weight excluding hydrogens is 406 g/mol. The van der Waals surface area contributed by atoms with Gasteiger partial charge in [-0.25, -0.2) is 4.68 Å². The summed E-state index contributed by atoms with van der Waals surface area (Å²) in [7, 11) is 0. The summed E-state index contributed by atoms with van der Waals surface area (Å²) in [5, 5.41) is 7.76. The number of aromatic nitrogens is 2. The molecule has 3 rings (SSSR count). The Labute approximate surface area is 170 Å². The summed E-state index contributed by atoms with van der Waals surface area (Å²) in [5.74, 6) is -0.104. The second-order valence-corrected chi connectivity index (χ2v) is 9.16.